The molecule has 0 aliphatic rings. The first-order chi connectivity index (χ1) is 5.20. The average molecular weight is 159 g/mol. The van der Waals surface area contributed by atoms with Crippen molar-refractivity contribution in [1.29, 1.82) is 5.41 Å². The van der Waals surface area contributed by atoms with Gasteiger partial charge in [0.15, 0.2) is 5.90 Å². The Balaban J connectivity index is 3.49. The lowest BCUT2D eigenvalue weighted by atomic mass is 10.3. The van der Waals surface area contributed by atoms with E-state index in [1.807, 2.05) is 6.92 Å². The smallest absolute Gasteiger partial charge is 0.434 e. The van der Waals surface area contributed by atoms with E-state index in [0.29, 0.717) is 6.42 Å². The molecule has 1 N–H and O–H groups in total. The summed E-state index contributed by atoms with van der Waals surface area (Å²) in [6.45, 7) is 3.87. The van der Waals surface area contributed by atoms with Crippen molar-refractivity contribution in [3.05, 3.63) is 0 Å². The molecular formula is C7H13NO3. The monoisotopic (exact) mass is 159 g/mol. The maximum absolute atomic E-state index is 10.5. The van der Waals surface area contributed by atoms with Crippen molar-refractivity contribution in [3.8, 4) is 0 Å². The largest absolute Gasteiger partial charge is 0.514 e. The third-order valence-corrected chi connectivity index (χ3v) is 0.946. The molecule has 0 aromatic heterocycles. The van der Waals surface area contributed by atoms with Crippen LogP contribution in [0.15, 0.2) is 0 Å². The van der Waals surface area contributed by atoms with Gasteiger partial charge in [0, 0.05) is 6.42 Å². The van der Waals surface area contributed by atoms with Gasteiger partial charge in [-0.3, -0.25) is 5.41 Å². The van der Waals surface area contributed by atoms with E-state index in [1.165, 1.54) is 0 Å². The molecular weight excluding hydrogens is 146 g/mol. The summed E-state index contributed by atoms with van der Waals surface area (Å²) in [5.41, 5.74) is 0. The Morgan fingerprint density at radius 1 is 1.45 bits per heavy atom. The molecule has 0 radical (unpaired) electrons. The maximum Gasteiger partial charge on any atom is 0.514 e. The Labute approximate surface area is 66.0 Å². The van der Waals surface area contributed by atoms with Crippen LogP contribution >= 0.6 is 0 Å². The highest BCUT2D eigenvalue weighted by atomic mass is 16.7. The van der Waals surface area contributed by atoms with E-state index < -0.39 is 6.16 Å². The van der Waals surface area contributed by atoms with Crippen molar-refractivity contribution in [2.75, 3.05) is 6.61 Å². The van der Waals surface area contributed by atoms with Gasteiger partial charge < -0.3 is 9.47 Å². The molecule has 0 unspecified atom stereocenters. The van der Waals surface area contributed by atoms with E-state index in [9.17, 15) is 4.79 Å². The zero-order valence-corrected chi connectivity index (χ0v) is 6.85. The molecule has 0 spiro atoms. The molecule has 11 heavy (non-hydrogen) atoms. The predicted octanol–water partition coefficient (Wildman–Crippen LogP) is 1.94. The van der Waals surface area contributed by atoms with Gasteiger partial charge in [-0.2, -0.15) is 0 Å². The highest BCUT2D eigenvalue weighted by Gasteiger charge is 2.05. The fraction of sp³-hybridized carbons (Fsp3) is 0.714. The molecule has 0 atom stereocenters. The Bertz CT molecular complexity index is 129. The molecule has 0 heterocycles. The maximum atomic E-state index is 10.5. The van der Waals surface area contributed by atoms with E-state index in [4.69, 9.17) is 5.41 Å². The van der Waals surface area contributed by atoms with Crippen molar-refractivity contribution < 1.29 is 14.3 Å². The number of rotatable bonds is 3. The lowest BCUT2D eigenvalue weighted by Gasteiger charge is -2.02. The second kappa shape index (κ2) is 5.70. The van der Waals surface area contributed by atoms with Crippen molar-refractivity contribution in [2.45, 2.75) is 26.7 Å². The average Bonchev–Trinajstić information content (AvgIpc) is 1.87. The van der Waals surface area contributed by atoms with Gasteiger partial charge in [0.1, 0.15) is 0 Å². The number of carbonyl (C=O) groups is 1. The number of hydrogen-bond acceptors (Lipinski definition) is 4. The molecule has 0 saturated heterocycles. The van der Waals surface area contributed by atoms with Crippen LogP contribution in [0.3, 0.4) is 0 Å². The summed E-state index contributed by atoms with van der Waals surface area (Å²) >= 11 is 0. The van der Waals surface area contributed by atoms with E-state index in [1.54, 1.807) is 6.92 Å². The van der Waals surface area contributed by atoms with E-state index in [2.05, 4.69) is 9.47 Å². The summed E-state index contributed by atoms with van der Waals surface area (Å²) in [6.07, 6.45) is 0.475. The number of nitrogens with one attached hydrogen (secondary N) is 1. The molecule has 0 bridgehead atoms. The minimum absolute atomic E-state index is 0.0362. The fourth-order valence-corrected chi connectivity index (χ4v) is 0.526. The van der Waals surface area contributed by atoms with Gasteiger partial charge in [0.05, 0.1) is 6.61 Å². The summed E-state index contributed by atoms with van der Waals surface area (Å²) in [7, 11) is 0. The summed E-state index contributed by atoms with van der Waals surface area (Å²) in [4.78, 5) is 10.5. The molecule has 0 saturated carbocycles. The van der Waals surface area contributed by atoms with Crippen LogP contribution in [0.4, 0.5) is 4.79 Å². The van der Waals surface area contributed by atoms with E-state index in [0.717, 1.165) is 6.42 Å². The van der Waals surface area contributed by atoms with Crippen molar-refractivity contribution in [3.63, 3.8) is 0 Å². The first-order valence-corrected chi connectivity index (χ1v) is 3.62. The predicted molar refractivity (Wildman–Crippen MR) is 40.7 cm³/mol. The van der Waals surface area contributed by atoms with Gasteiger partial charge in [-0.1, -0.05) is 6.92 Å². The summed E-state index contributed by atoms with van der Waals surface area (Å²) in [6, 6.07) is 0. The topological polar surface area (TPSA) is 59.4 Å². The molecule has 0 aromatic carbocycles. The second-order valence-corrected chi connectivity index (χ2v) is 1.96. The molecule has 4 heteroatoms. The van der Waals surface area contributed by atoms with Crippen LogP contribution in [0.5, 0.6) is 0 Å². The summed E-state index contributed by atoms with van der Waals surface area (Å²) in [5.74, 6) is -0.0362. The zero-order chi connectivity index (χ0) is 8.69. The van der Waals surface area contributed by atoms with Gasteiger partial charge in [0.25, 0.3) is 0 Å². The normalized spacial score (nSPS) is 8.91. The zero-order valence-electron chi connectivity index (χ0n) is 6.85. The number of hydrogen-bond donors (Lipinski definition) is 1. The Morgan fingerprint density at radius 3 is 2.55 bits per heavy atom. The Kier molecular flexibility index (Phi) is 5.15. The van der Waals surface area contributed by atoms with E-state index >= 15 is 0 Å². The van der Waals surface area contributed by atoms with Gasteiger partial charge >= 0.3 is 6.16 Å². The lowest BCUT2D eigenvalue weighted by Crippen LogP contribution is -2.12. The molecule has 0 amide bonds. The summed E-state index contributed by atoms with van der Waals surface area (Å²) < 4.78 is 8.91. The van der Waals surface area contributed by atoms with Crippen LogP contribution in [-0.2, 0) is 9.47 Å². The van der Waals surface area contributed by atoms with Crippen LogP contribution in [0, 0.1) is 5.41 Å². The van der Waals surface area contributed by atoms with Gasteiger partial charge in [-0.15, -0.1) is 0 Å². The highest BCUT2D eigenvalue weighted by Crippen LogP contribution is 1.93. The third-order valence-electron chi connectivity index (χ3n) is 0.946. The van der Waals surface area contributed by atoms with E-state index in [-0.39, 0.29) is 12.5 Å². The highest BCUT2D eigenvalue weighted by molar-refractivity contribution is 5.83. The minimum Gasteiger partial charge on any atom is -0.434 e. The van der Waals surface area contributed by atoms with Crippen LogP contribution in [0.2, 0.25) is 0 Å². The van der Waals surface area contributed by atoms with Gasteiger partial charge in [0.2, 0.25) is 0 Å². The Hall–Kier alpha value is -1.06. The van der Waals surface area contributed by atoms with Crippen molar-refractivity contribution in [1.82, 2.24) is 0 Å². The van der Waals surface area contributed by atoms with Crippen molar-refractivity contribution >= 4 is 12.1 Å². The van der Waals surface area contributed by atoms with Crippen LogP contribution in [0.25, 0.3) is 0 Å². The number of ether oxygens (including phenoxy) is 2. The SMILES string of the molecule is CCCC(=N)OC(=O)OCC. The first kappa shape index (κ1) is 9.94. The molecule has 0 aliphatic carbocycles. The third kappa shape index (κ3) is 5.39. The first-order valence-electron chi connectivity index (χ1n) is 3.62. The van der Waals surface area contributed by atoms with Crippen LogP contribution in [0.1, 0.15) is 26.7 Å². The van der Waals surface area contributed by atoms with Gasteiger partial charge in [-0.05, 0) is 13.3 Å². The number of carbonyl (C=O) groups excluding carboxylic acids is 1. The fourth-order valence-electron chi connectivity index (χ4n) is 0.526. The lowest BCUT2D eigenvalue weighted by molar-refractivity contribution is 0.0989. The molecule has 4 nitrogen and oxygen atoms in total. The van der Waals surface area contributed by atoms with Crippen molar-refractivity contribution in [2.24, 2.45) is 0 Å². The molecule has 0 fully saturated rings. The standard InChI is InChI=1S/C7H13NO3/c1-3-5-6(8)11-7(9)10-4-2/h8H,3-5H2,1-2H3. The molecule has 0 aliphatic heterocycles. The summed E-state index contributed by atoms with van der Waals surface area (Å²) in [5, 5.41) is 7.07. The van der Waals surface area contributed by atoms with Crippen LogP contribution in [-0.4, -0.2) is 18.7 Å². The minimum atomic E-state index is -0.786. The molecule has 64 valence electrons. The second-order valence-electron chi connectivity index (χ2n) is 1.96. The Morgan fingerprint density at radius 2 is 2.09 bits per heavy atom. The quantitative estimate of drug-likeness (QED) is 0.389. The molecule has 0 rings (SSSR count). The molecule has 0 aromatic rings. The van der Waals surface area contributed by atoms with Gasteiger partial charge in [-0.25, -0.2) is 4.79 Å². The van der Waals surface area contributed by atoms with Crippen LogP contribution < -0.4 is 0 Å².